The molecule has 7 heteroatoms. The van der Waals surface area contributed by atoms with Crippen LogP contribution in [0.15, 0.2) is 30.3 Å². The maximum Gasteiger partial charge on any atom is 0.274 e. The lowest BCUT2D eigenvalue weighted by atomic mass is 9.88. The predicted molar refractivity (Wildman–Crippen MR) is 75.3 cm³/mol. The minimum Gasteiger partial charge on any atom is -0.273 e. The molecule has 0 saturated heterocycles. The van der Waals surface area contributed by atoms with Gasteiger partial charge < -0.3 is 0 Å². The summed E-state index contributed by atoms with van der Waals surface area (Å²) in [4.78, 5) is 10.4. The molecule has 0 radical (unpaired) electrons. The van der Waals surface area contributed by atoms with Crippen molar-refractivity contribution in [2.45, 2.75) is 19.1 Å². The number of nitro groups is 1. The van der Waals surface area contributed by atoms with Crippen molar-refractivity contribution in [2.75, 3.05) is 13.7 Å². The molecule has 1 aromatic rings. The van der Waals surface area contributed by atoms with Gasteiger partial charge in [0, 0.05) is 10.8 Å². The standard InChI is InChI=1S/C13H19NO5S/c1-10(2)12(9-14(15)16)13(20(17,18)19-3)11-7-5-4-6-8-11/h4-8,10,12-13H,9H2,1-3H3/t12-,13-/m0/s1. The van der Waals surface area contributed by atoms with Crippen LogP contribution in [-0.4, -0.2) is 27.0 Å². The van der Waals surface area contributed by atoms with Crippen LogP contribution in [0.2, 0.25) is 0 Å². The monoisotopic (exact) mass is 301 g/mol. The summed E-state index contributed by atoms with van der Waals surface area (Å²) in [5.41, 5.74) is 0.509. The average Bonchev–Trinajstić information content (AvgIpc) is 2.38. The Hall–Kier alpha value is -1.47. The van der Waals surface area contributed by atoms with Crippen molar-refractivity contribution in [1.29, 1.82) is 0 Å². The van der Waals surface area contributed by atoms with E-state index in [9.17, 15) is 18.5 Å². The molecule has 0 N–H and O–H groups in total. The summed E-state index contributed by atoms with van der Waals surface area (Å²) in [5, 5.41) is 9.79. The summed E-state index contributed by atoms with van der Waals surface area (Å²) in [5.74, 6) is -0.826. The van der Waals surface area contributed by atoms with Gasteiger partial charge in [-0.1, -0.05) is 44.2 Å². The maximum absolute atomic E-state index is 12.2. The normalized spacial score (nSPS) is 15.0. The fourth-order valence-electron chi connectivity index (χ4n) is 2.20. The third-order valence-corrected chi connectivity index (χ3v) is 4.98. The van der Waals surface area contributed by atoms with Gasteiger partial charge in [-0.2, -0.15) is 8.42 Å². The zero-order valence-corrected chi connectivity index (χ0v) is 12.5. The van der Waals surface area contributed by atoms with Crippen LogP contribution in [0.5, 0.6) is 0 Å². The van der Waals surface area contributed by atoms with E-state index in [1.54, 1.807) is 44.2 Å². The van der Waals surface area contributed by atoms with Crippen LogP contribution < -0.4 is 0 Å². The van der Waals surface area contributed by atoms with Gasteiger partial charge in [-0.25, -0.2) is 0 Å². The van der Waals surface area contributed by atoms with Crippen molar-refractivity contribution < 1.29 is 17.5 Å². The third kappa shape index (κ3) is 4.01. The Morgan fingerprint density at radius 1 is 1.25 bits per heavy atom. The average molecular weight is 301 g/mol. The number of hydrogen-bond acceptors (Lipinski definition) is 5. The fraction of sp³-hybridized carbons (Fsp3) is 0.538. The molecule has 0 amide bonds. The molecule has 0 heterocycles. The maximum atomic E-state index is 12.2. The molecule has 0 fully saturated rings. The second-order valence-electron chi connectivity index (χ2n) is 4.91. The van der Waals surface area contributed by atoms with E-state index < -0.39 is 32.8 Å². The second kappa shape index (κ2) is 6.81. The summed E-state index contributed by atoms with van der Waals surface area (Å²) in [6.07, 6.45) is 0. The van der Waals surface area contributed by atoms with Gasteiger partial charge >= 0.3 is 0 Å². The molecule has 0 aliphatic rings. The lowest BCUT2D eigenvalue weighted by Crippen LogP contribution is -2.32. The zero-order chi connectivity index (χ0) is 15.3. The fourth-order valence-corrected chi connectivity index (χ4v) is 3.73. The summed E-state index contributed by atoms with van der Waals surface area (Å²) < 4.78 is 29.0. The van der Waals surface area contributed by atoms with Crippen molar-refractivity contribution in [3.8, 4) is 0 Å². The lowest BCUT2D eigenvalue weighted by molar-refractivity contribution is -0.489. The Labute approximate surface area is 119 Å². The highest BCUT2D eigenvalue weighted by atomic mass is 32.2. The third-order valence-electron chi connectivity index (χ3n) is 3.28. The summed E-state index contributed by atoms with van der Waals surface area (Å²) in [7, 11) is -2.83. The SMILES string of the molecule is COS(=O)(=O)[C@@H](c1ccccc1)[C@@H](C[N+](=O)[O-])C(C)C. The molecule has 0 saturated carbocycles. The predicted octanol–water partition coefficient (Wildman–Crippen LogP) is 2.25. The summed E-state index contributed by atoms with van der Waals surface area (Å²) in [6.45, 7) is 3.13. The molecule has 0 bridgehead atoms. The van der Waals surface area contributed by atoms with Crippen LogP contribution in [0.4, 0.5) is 0 Å². The number of nitrogens with zero attached hydrogens (tertiary/aromatic N) is 1. The van der Waals surface area contributed by atoms with Gasteiger partial charge in [-0.3, -0.25) is 14.3 Å². The molecular weight excluding hydrogens is 282 g/mol. The van der Waals surface area contributed by atoms with Crippen LogP contribution in [0.1, 0.15) is 24.7 Å². The molecule has 0 aromatic heterocycles. The highest BCUT2D eigenvalue weighted by Gasteiger charge is 2.39. The Morgan fingerprint density at radius 2 is 1.80 bits per heavy atom. The van der Waals surface area contributed by atoms with Gasteiger partial charge in [0.05, 0.1) is 7.11 Å². The molecule has 2 atom stereocenters. The molecule has 0 aliphatic carbocycles. The first-order valence-corrected chi connectivity index (χ1v) is 7.73. The molecular formula is C13H19NO5S. The van der Waals surface area contributed by atoms with E-state index in [1.165, 1.54) is 0 Å². The van der Waals surface area contributed by atoms with E-state index in [4.69, 9.17) is 0 Å². The number of rotatable bonds is 7. The molecule has 0 unspecified atom stereocenters. The summed E-state index contributed by atoms with van der Waals surface area (Å²) in [6, 6.07) is 8.47. The molecule has 1 aromatic carbocycles. The second-order valence-corrected chi connectivity index (χ2v) is 6.74. The van der Waals surface area contributed by atoms with Crippen LogP contribution in [-0.2, 0) is 14.3 Å². The van der Waals surface area contributed by atoms with Crippen molar-refractivity contribution in [1.82, 2.24) is 0 Å². The smallest absolute Gasteiger partial charge is 0.273 e. The van der Waals surface area contributed by atoms with E-state index in [-0.39, 0.29) is 5.92 Å². The highest BCUT2D eigenvalue weighted by molar-refractivity contribution is 7.87. The minimum absolute atomic E-state index is 0.171. The largest absolute Gasteiger partial charge is 0.274 e. The first kappa shape index (κ1) is 16.6. The van der Waals surface area contributed by atoms with Gasteiger partial charge in [0.1, 0.15) is 5.25 Å². The van der Waals surface area contributed by atoms with Crippen LogP contribution >= 0.6 is 0 Å². The van der Waals surface area contributed by atoms with Crippen LogP contribution in [0, 0.1) is 22.0 Å². The first-order valence-electron chi connectivity index (χ1n) is 6.25. The van der Waals surface area contributed by atoms with Crippen molar-refractivity contribution in [2.24, 2.45) is 11.8 Å². The highest BCUT2D eigenvalue weighted by Crippen LogP contribution is 2.35. The lowest BCUT2D eigenvalue weighted by Gasteiger charge is -2.26. The van der Waals surface area contributed by atoms with E-state index in [0.717, 1.165) is 7.11 Å². The number of hydrogen-bond donors (Lipinski definition) is 0. The van der Waals surface area contributed by atoms with E-state index in [1.807, 2.05) is 0 Å². The topological polar surface area (TPSA) is 86.5 Å². The van der Waals surface area contributed by atoms with Gasteiger partial charge in [0.15, 0.2) is 0 Å². The van der Waals surface area contributed by atoms with Crippen molar-refractivity contribution in [3.63, 3.8) is 0 Å². The Morgan fingerprint density at radius 3 is 2.20 bits per heavy atom. The van der Waals surface area contributed by atoms with E-state index in [2.05, 4.69) is 4.18 Å². The molecule has 0 spiro atoms. The van der Waals surface area contributed by atoms with Gasteiger partial charge in [-0.05, 0) is 11.5 Å². The Balaban J connectivity index is 3.32. The molecule has 20 heavy (non-hydrogen) atoms. The van der Waals surface area contributed by atoms with Gasteiger partial charge in [-0.15, -0.1) is 0 Å². The minimum atomic E-state index is -3.91. The first-order chi connectivity index (χ1) is 9.29. The van der Waals surface area contributed by atoms with Crippen LogP contribution in [0.25, 0.3) is 0 Å². The molecule has 1 rings (SSSR count). The molecule has 0 aliphatic heterocycles. The molecule has 112 valence electrons. The van der Waals surface area contributed by atoms with Gasteiger partial charge in [0.25, 0.3) is 10.1 Å². The zero-order valence-electron chi connectivity index (χ0n) is 11.7. The van der Waals surface area contributed by atoms with E-state index >= 15 is 0 Å². The van der Waals surface area contributed by atoms with Crippen molar-refractivity contribution in [3.05, 3.63) is 46.0 Å². The van der Waals surface area contributed by atoms with Gasteiger partial charge in [0.2, 0.25) is 6.54 Å². The molecule has 6 nitrogen and oxygen atoms in total. The van der Waals surface area contributed by atoms with Crippen molar-refractivity contribution >= 4 is 10.1 Å². The quantitative estimate of drug-likeness (QED) is 0.438. The Bertz CT molecular complexity index is 541. The van der Waals surface area contributed by atoms with E-state index in [0.29, 0.717) is 5.56 Å². The number of benzene rings is 1. The van der Waals surface area contributed by atoms with Crippen LogP contribution in [0.3, 0.4) is 0 Å². The summed E-state index contributed by atoms with van der Waals surface area (Å²) >= 11 is 0. The Kier molecular flexibility index (Phi) is 5.64.